The highest BCUT2D eigenvalue weighted by Gasteiger charge is 2.34. The summed E-state index contributed by atoms with van der Waals surface area (Å²) < 4.78 is 48.4. The number of rotatable bonds is 8. The molecule has 1 N–H and O–H groups in total. The highest BCUT2D eigenvalue weighted by Crippen LogP contribution is 2.34. The first kappa shape index (κ1) is 26.3. The Morgan fingerprint density at radius 3 is 2.23 bits per heavy atom. The summed E-state index contributed by atoms with van der Waals surface area (Å²) in [6, 6.07) is 7.56. The van der Waals surface area contributed by atoms with E-state index in [4.69, 9.17) is 18.9 Å². The molecule has 2 aromatic rings. The highest BCUT2D eigenvalue weighted by molar-refractivity contribution is 7.89. The lowest BCUT2D eigenvalue weighted by Gasteiger charge is -2.31. The van der Waals surface area contributed by atoms with Crippen molar-refractivity contribution >= 4 is 27.6 Å². The van der Waals surface area contributed by atoms with Crippen molar-refractivity contribution in [1.82, 2.24) is 4.31 Å². The normalized spacial score (nSPS) is 16.3. The van der Waals surface area contributed by atoms with Crippen LogP contribution in [0.5, 0.6) is 17.2 Å². The van der Waals surface area contributed by atoms with Crippen molar-refractivity contribution in [2.75, 3.05) is 46.8 Å². The minimum absolute atomic E-state index is 0.0140. The van der Waals surface area contributed by atoms with Gasteiger partial charge in [0.1, 0.15) is 5.75 Å². The summed E-state index contributed by atoms with van der Waals surface area (Å²) in [5, 5.41) is 2.74. The van der Waals surface area contributed by atoms with Gasteiger partial charge in [0, 0.05) is 25.2 Å². The molecule has 35 heavy (non-hydrogen) atoms. The predicted molar refractivity (Wildman–Crippen MR) is 129 cm³/mol. The van der Waals surface area contributed by atoms with E-state index >= 15 is 0 Å². The van der Waals surface area contributed by atoms with E-state index in [1.807, 2.05) is 0 Å². The number of sulfonamides is 1. The molecular weight excluding hydrogens is 476 g/mol. The molecule has 1 saturated heterocycles. The van der Waals surface area contributed by atoms with Crippen molar-refractivity contribution < 1.29 is 37.0 Å². The Kier molecular flexibility index (Phi) is 8.23. The minimum atomic E-state index is -3.81. The molecule has 0 aromatic heterocycles. The van der Waals surface area contributed by atoms with E-state index in [0.29, 0.717) is 42.2 Å². The smallest absolute Gasteiger partial charge is 0.340 e. The Morgan fingerprint density at radius 2 is 1.63 bits per heavy atom. The zero-order chi connectivity index (χ0) is 25.8. The largest absolute Gasteiger partial charge is 0.496 e. The number of hydrogen-bond donors (Lipinski definition) is 1. The molecule has 1 aliphatic heterocycles. The Balaban J connectivity index is 1.84. The van der Waals surface area contributed by atoms with Gasteiger partial charge in [-0.2, -0.15) is 4.31 Å². The van der Waals surface area contributed by atoms with Crippen molar-refractivity contribution in [3.63, 3.8) is 0 Å². The van der Waals surface area contributed by atoms with E-state index in [1.165, 1.54) is 50.9 Å². The molecule has 1 amide bonds. The fraction of sp³-hybridized carbons (Fsp3) is 0.417. The van der Waals surface area contributed by atoms with E-state index in [9.17, 15) is 18.0 Å². The fourth-order valence-electron chi connectivity index (χ4n) is 4.03. The van der Waals surface area contributed by atoms with Crippen molar-refractivity contribution in [2.24, 2.45) is 5.92 Å². The molecule has 11 heteroatoms. The average molecular weight is 507 g/mol. The van der Waals surface area contributed by atoms with Crippen molar-refractivity contribution in [2.45, 2.75) is 24.7 Å². The quantitative estimate of drug-likeness (QED) is 0.543. The summed E-state index contributed by atoms with van der Waals surface area (Å²) in [6.07, 6.45) is 1.02. The third kappa shape index (κ3) is 5.51. The maximum absolute atomic E-state index is 13.3. The monoisotopic (exact) mass is 506 g/mol. The number of esters is 1. The summed E-state index contributed by atoms with van der Waals surface area (Å²) >= 11 is 0. The lowest BCUT2D eigenvalue weighted by Crippen LogP contribution is -2.43. The van der Waals surface area contributed by atoms with Gasteiger partial charge in [-0.1, -0.05) is 0 Å². The van der Waals surface area contributed by atoms with Gasteiger partial charge in [0.05, 0.1) is 50.5 Å². The minimum Gasteiger partial charge on any atom is -0.496 e. The van der Waals surface area contributed by atoms with Gasteiger partial charge in [0.2, 0.25) is 15.9 Å². The molecule has 190 valence electrons. The van der Waals surface area contributed by atoms with Gasteiger partial charge in [0.25, 0.3) is 0 Å². The molecule has 1 aliphatic rings. The number of carbonyl (C=O) groups excluding carboxylic acids is 2. The van der Waals surface area contributed by atoms with Gasteiger partial charge >= 0.3 is 5.97 Å². The lowest BCUT2D eigenvalue weighted by molar-refractivity contribution is -0.120. The van der Waals surface area contributed by atoms with E-state index in [0.717, 1.165) is 0 Å². The number of amides is 1. The molecule has 1 heterocycles. The van der Waals surface area contributed by atoms with Gasteiger partial charge in [-0.15, -0.1) is 0 Å². The number of nitrogens with zero attached hydrogens (tertiary/aromatic N) is 1. The van der Waals surface area contributed by atoms with Crippen LogP contribution < -0.4 is 19.5 Å². The van der Waals surface area contributed by atoms with Gasteiger partial charge in [-0.25, -0.2) is 13.2 Å². The third-order valence-corrected chi connectivity index (χ3v) is 7.81. The van der Waals surface area contributed by atoms with Gasteiger partial charge in [-0.3, -0.25) is 4.79 Å². The highest BCUT2D eigenvalue weighted by atomic mass is 32.2. The number of carbonyl (C=O) groups is 2. The first-order valence-electron chi connectivity index (χ1n) is 11.0. The van der Waals surface area contributed by atoms with Crippen LogP contribution in [0.4, 0.5) is 5.69 Å². The topological polar surface area (TPSA) is 120 Å². The fourth-order valence-corrected chi connectivity index (χ4v) is 5.64. The molecule has 1 fully saturated rings. The lowest BCUT2D eigenvalue weighted by atomic mass is 9.98. The SMILES string of the molecule is COC(=O)c1cc(OC)c(OC)cc1NC(=O)[C@@H]1CCCN(S(=O)(=O)c2ccc(OC)c(C)c2)C1. The molecule has 0 radical (unpaired) electrons. The van der Waals surface area contributed by atoms with Gasteiger partial charge in [-0.05, 0) is 43.5 Å². The number of methoxy groups -OCH3 is 4. The van der Waals surface area contributed by atoms with Crippen LogP contribution in [0.15, 0.2) is 35.2 Å². The molecule has 0 bridgehead atoms. The summed E-state index contributed by atoms with van der Waals surface area (Å²) in [6.45, 7) is 2.09. The zero-order valence-corrected chi connectivity index (χ0v) is 21.2. The van der Waals surface area contributed by atoms with Crippen LogP contribution in [0.3, 0.4) is 0 Å². The molecule has 10 nitrogen and oxygen atoms in total. The molecular formula is C24H30N2O8S. The van der Waals surface area contributed by atoms with Crippen LogP contribution in [-0.4, -0.2) is 66.1 Å². The Morgan fingerprint density at radius 1 is 0.971 bits per heavy atom. The van der Waals surface area contributed by atoms with E-state index in [2.05, 4.69) is 5.32 Å². The Bertz CT molecular complexity index is 1210. The number of anilines is 1. The summed E-state index contributed by atoms with van der Waals surface area (Å²) in [7, 11) is 1.81. The summed E-state index contributed by atoms with van der Waals surface area (Å²) in [5.41, 5.74) is 0.974. The maximum atomic E-state index is 13.3. The summed E-state index contributed by atoms with van der Waals surface area (Å²) in [4.78, 5) is 25.6. The molecule has 2 aromatic carbocycles. The second kappa shape index (κ2) is 11.0. The number of ether oxygens (including phenoxy) is 4. The maximum Gasteiger partial charge on any atom is 0.340 e. The number of nitrogens with one attached hydrogen (secondary N) is 1. The van der Waals surface area contributed by atoms with Crippen LogP contribution in [-0.2, 0) is 19.6 Å². The molecule has 0 spiro atoms. The molecule has 0 saturated carbocycles. The average Bonchev–Trinajstić information content (AvgIpc) is 2.87. The zero-order valence-electron chi connectivity index (χ0n) is 20.4. The first-order valence-corrected chi connectivity index (χ1v) is 12.4. The number of hydrogen-bond acceptors (Lipinski definition) is 8. The van der Waals surface area contributed by atoms with Crippen LogP contribution in [0.1, 0.15) is 28.8 Å². The second-order valence-electron chi connectivity index (χ2n) is 8.07. The van der Waals surface area contributed by atoms with Crippen LogP contribution >= 0.6 is 0 Å². The van der Waals surface area contributed by atoms with Crippen LogP contribution in [0.25, 0.3) is 0 Å². The molecule has 0 aliphatic carbocycles. The van der Waals surface area contributed by atoms with Crippen LogP contribution in [0.2, 0.25) is 0 Å². The third-order valence-electron chi connectivity index (χ3n) is 5.95. The number of benzene rings is 2. The summed E-state index contributed by atoms with van der Waals surface area (Å²) in [5.74, 6) is -0.474. The second-order valence-corrected chi connectivity index (χ2v) is 10.0. The molecule has 1 atom stereocenters. The number of aryl methyl sites for hydroxylation is 1. The van der Waals surface area contributed by atoms with Crippen molar-refractivity contribution in [1.29, 1.82) is 0 Å². The van der Waals surface area contributed by atoms with Gasteiger partial charge < -0.3 is 24.3 Å². The Hall–Kier alpha value is -3.31. The van der Waals surface area contributed by atoms with Crippen molar-refractivity contribution in [3.05, 3.63) is 41.5 Å². The standard InChI is InChI=1S/C24H30N2O8S/c1-15-11-17(8-9-20(15)31-2)35(29,30)26-10-6-7-16(14-26)23(27)25-19-13-22(33-4)21(32-3)12-18(19)24(28)34-5/h8-9,11-13,16H,6-7,10,14H2,1-5H3,(H,25,27)/t16-/m1/s1. The molecule has 0 unspecified atom stereocenters. The van der Waals surface area contributed by atoms with Gasteiger partial charge in [0.15, 0.2) is 11.5 Å². The first-order chi connectivity index (χ1) is 16.7. The Labute approximate surface area is 205 Å². The van der Waals surface area contributed by atoms with E-state index < -0.39 is 27.8 Å². The van der Waals surface area contributed by atoms with Crippen LogP contribution in [0, 0.1) is 12.8 Å². The predicted octanol–water partition coefficient (Wildman–Crippen LogP) is 2.85. The van der Waals surface area contributed by atoms with Crippen molar-refractivity contribution in [3.8, 4) is 17.2 Å². The van der Waals surface area contributed by atoms with E-state index in [1.54, 1.807) is 19.1 Å². The van der Waals surface area contributed by atoms with E-state index in [-0.39, 0.29) is 22.7 Å². The molecule has 3 rings (SSSR count). The number of piperidine rings is 1.